The topological polar surface area (TPSA) is 95.1 Å². The molecule has 0 saturated heterocycles. The van der Waals surface area contributed by atoms with Crippen LogP contribution in [0.4, 0.5) is 5.69 Å². The van der Waals surface area contributed by atoms with Crippen molar-refractivity contribution in [2.24, 2.45) is 0 Å². The van der Waals surface area contributed by atoms with Gasteiger partial charge in [-0.25, -0.2) is 0 Å². The number of methoxy groups -OCH3 is 3. The van der Waals surface area contributed by atoms with Crippen molar-refractivity contribution in [1.82, 2.24) is 5.32 Å². The molecule has 3 aromatic carbocycles. The molecule has 2 N–H and O–H groups in total. The Labute approximate surface area is 246 Å². The second kappa shape index (κ2) is 12.4. The minimum atomic E-state index is -0.596. The lowest BCUT2D eigenvalue weighted by atomic mass is 9.71. The van der Waals surface area contributed by atoms with Gasteiger partial charge in [-0.1, -0.05) is 24.3 Å². The number of anilines is 1. The van der Waals surface area contributed by atoms with E-state index in [2.05, 4.69) is 10.6 Å². The lowest BCUT2D eigenvalue weighted by molar-refractivity contribution is -0.116. The summed E-state index contributed by atoms with van der Waals surface area (Å²) >= 11 is 0. The minimum Gasteiger partial charge on any atom is -0.497 e. The molecule has 5 rings (SSSR count). The van der Waals surface area contributed by atoms with Crippen LogP contribution in [0.1, 0.15) is 49.7 Å². The molecule has 0 bridgehead atoms. The Hall–Kier alpha value is -4.72. The highest BCUT2D eigenvalue weighted by Crippen LogP contribution is 2.48. The molecule has 1 aliphatic heterocycles. The van der Waals surface area contributed by atoms with Gasteiger partial charge in [-0.2, -0.15) is 0 Å². The molecule has 218 valence electrons. The number of amides is 1. The zero-order valence-corrected chi connectivity index (χ0v) is 24.6. The van der Waals surface area contributed by atoms with Gasteiger partial charge in [-0.3, -0.25) is 9.59 Å². The summed E-state index contributed by atoms with van der Waals surface area (Å²) in [5.41, 5.74) is 4.99. The molecule has 1 amide bonds. The fourth-order valence-corrected chi connectivity index (χ4v) is 5.87. The van der Waals surface area contributed by atoms with Gasteiger partial charge in [0.05, 0.1) is 33.9 Å². The third-order valence-corrected chi connectivity index (χ3v) is 7.83. The molecule has 0 spiro atoms. The van der Waals surface area contributed by atoms with Crippen LogP contribution in [0.3, 0.4) is 0 Å². The number of nitrogens with one attached hydrogen (secondary N) is 2. The average Bonchev–Trinajstić information content (AvgIpc) is 3.00. The SMILES string of the molecule is CCOc1ccccc1[C@H]1C(C(=O)Nc2ccc(OC)cc2)=C(C)NC2=C1C(=O)C[C@H](c1ccc(OC)c(OC)c1)C2. The average molecular weight is 569 g/mol. The molecule has 8 heteroatoms. The van der Waals surface area contributed by atoms with E-state index in [0.29, 0.717) is 65.0 Å². The number of carbonyl (C=O) groups is 2. The van der Waals surface area contributed by atoms with Crippen molar-refractivity contribution in [3.05, 3.63) is 100 Å². The summed E-state index contributed by atoms with van der Waals surface area (Å²) in [5, 5.41) is 6.47. The smallest absolute Gasteiger partial charge is 0.254 e. The highest BCUT2D eigenvalue weighted by molar-refractivity contribution is 6.10. The highest BCUT2D eigenvalue weighted by Gasteiger charge is 2.42. The molecule has 3 aromatic rings. The van der Waals surface area contributed by atoms with Crippen molar-refractivity contribution in [2.45, 2.75) is 38.5 Å². The maximum absolute atomic E-state index is 14.1. The fraction of sp³-hybridized carbons (Fsp3) is 0.294. The third kappa shape index (κ3) is 5.57. The third-order valence-electron chi connectivity index (χ3n) is 7.83. The molecule has 2 aliphatic rings. The lowest BCUT2D eigenvalue weighted by Gasteiger charge is -2.37. The molecule has 0 fully saturated rings. The van der Waals surface area contributed by atoms with Gasteiger partial charge in [0, 0.05) is 40.2 Å². The number of ketones is 1. The van der Waals surface area contributed by atoms with Crippen LogP contribution in [0.25, 0.3) is 0 Å². The predicted octanol–water partition coefficient (Wildman–Crippen LogP) is 6.11. The van der Waals surface area contributed by atoms with Crippen molar-refractivity contribution < 1.29 is 28.5 Å². The molecule has 0 saturated carbocycles. The molecule has 42 heavy (non-hydrogen) atoms. The molecular formula is C34H36N2O6. The summed E-state index contributed by atoms with van der Waals surface area (Å²) in [5.74, 6) is 1.64. The lowest BCUT2D eigenvalue weighted by Crippen LogP contribution is -2.37. The molecule has 2 atom stereocenters. The van der Waals surface area contributed by atoms with Crippen LogP contribution in [-0.2, 0) is 9.59 Å². The van der Waals surface area contributed by atoms with E-state index in [4.69, 9.17) is 18.9 Å². The first-order chi connectivity index (χ1) is 20.4. The number of rotatable bonds is 9. The van der Waals surface area contributed by atoms with Crippen molar-refractivity contribution in [2.75, 3.05) is 33.3 Å². The first-order valence-electron chi connectivity index (χ1n) is 14.0. The Morgan fingerprint density at radius 2 is 1.64 bits per heavy atom. The first-order valence-corrected chi connectivity index (χ1v) is 14.0. The maximum Gasteiger partial charge on any atom is 0.254 e. The maximum atomic E-state index is 14.1. The van der Waals surface area contributed by atoms with E-state index < -0.39 is 5.92 Å². The molecule has 8 nitrogen and oxygen atoms in total. The van der Waals surface area contributed by atoms with E-state index in [1.54, 1.807) is 45.6 Å². The van der Waals surface area contributed by atoms with Gasteiger partial charge in [-0.15, -0.1) is 0 Å². The Morgan fingerprint density at radius 1 is 0.905 bits per heavy atom. The number of hydrogen-bond donors (Lipinski definition) is 2. The summed E-state index contributed by atoms with van der Waals surface area (Å²) in [4.78, 5) is 28.0. The van der Waals surface area contributed by atoms with Crippen molar-refractivity contribution >= 4 is 17.4 Å². The van der Waals surface area contributed by atoms with E-state index in [1.807, 2.05) is 56.3 Å². The summed E-state index contributed by atoms with van der Waals surface area (Å²) in [6, 6.07) is 20.6. The van der Waals surface area contributed by atoms with Crippen LogP contribution in [0.5, 0.6) is 23.0 Å². The van der Waals surface area contributed by atoms with Gasteiger partial charge in [0.1, 0.15) is 11.5 Å². The van der Waals surface area contributed by atoms with Crippen LogP contribution in [-0.4, -0.2) is 39.6 Å². The predicted molar refractivity (Wildman–Crippen MR) is 161 cm³/mol. The zero-order valence-electron chi connectivity index (χ0n) is 24.6. The number of hydrogen-bond acceptors (Lipinski definition) is 7. The Kier molecular flexibility index (Phi) is 8.52. The van der Waals surface area contributed by atoms with Crippen LogP contribution in [0.15, 0.2) is 89.3 Å². The number of Topliss-reactive ketones (excluding diaryl/α,β-unsaturated/α-hetero) is 1. The number of carbonyl (C=O) groups excluding carboxylic acids is 2. The molecule has 1 aliphatic carbocycles. The van der Waals surface area contributed by atoms with Crippen molar-refractivity contribution in [3.8, 4) is 23.0 Å². The highest BCUT2D eigenvalue weighted by atomic mass is 16.5. The summed E-state index contributed by atoms with van der Waals surface area (Å²) in [7, 11) is 4.80. The number of benzene rings is 3. The summed E-state index contributed by atoms with van der Waals surface area (Å²) in [6.07, 6.45) is 0.907. The largest absolute Gasteiger partial charge is 0.497 e. The van der Waals surface area contributed by atoms with E-state index in [-0.39, 0.29) is 17.6 Å². The summed E-state index contributed by atoms with van der Waals surface area (Å²) < 4.78 is 22.2. The standard InChI is InChI=1S/C34H36N2O6/c1-6-42-28-10-8-7-9-25(28)32-31(34(38)36-23-12-14-24(39-3)15-13-23)20(2)35-26-17-22(18-27(37)33(26)32)21-11-16-29(40-4)30(19-21)41-5/h7-16,19,22,32,35H,6,17-18H2,1-5H3,(H,36,38)/t22-,32+/m1/s1. The van der Waals surface area contributed by atoms with Crippen LogP contribution < -0.4 is 29.6 Å². The molecule has 0 radical (unpaired) electrons. The molecule has 1 heterocycles. The van der Waals surface area contributed by atoms with Gasteiger partial charge in [0.25, 0.3) is 5.91 Å². The van der Waals surface area contributed by atoms with Gasteiger partial charge in [0.15, 0.2) is 17.3 Å². The van der Waals surface area contributed by atoms with Crippen molar-refractivity contribution in [1.29, 1.82) is 0 Å². The van der Waals surface area contributed by atoms with Crippen LogP contribution in [0.2, 0.25) is 0 Å². The number of ether oxygens (including phenoxy) is 4. The first kappa shape index (κ1) is 28.8. The normalized spacial score (nSPS) is 18.2. The number of allylic oxidation sites excluding steroid dienone is 3. The second-order valence-corrected chi connectivity index (χ2v) is 10.3. The Balaban J connectivity index is 1.56. The monoisotopic (exact) mass is 568 g/mol. The second-order valence-electron chi connectivity index (χ2n) is 10.3. The molecule has 0 unspecified atom stereocenters. The Morgan fingerprint density at radius 3 is 2.33 bits per heavy atom. The van der Waals surface area contributed by atoms with E-state index >= 15 is 0 Å². The molecule has 0 aromatic heterocycles. The summed E-state index contributed by atoms with van der Waals surface area (Å²) in [6.45, 7) is 4.26. The van der Waals surface area contributed by atoms with Crippen LogP contribution >= 0.6 is 0 Å². The zero-order chi connectivity index (χ0) is 29.8. The fourth-order valence-electron chi connectivity index (χ4n) is 5.87. The number of para-hydroxylation sites is 1. The van der Waals surface area contributed by atoms with Gasteiger partial charge >= 0.3 is 0 Å². The number of dihydropyridines is 1. The van der Waals surface area contributed by atoms with Gasteiger partial charge < -0.3 is 29.6 Å². The van der Waals surface area contributed by atoms with E-state index in [1.165, 1.54) is 0 Å². The van der Waals surface area contributed by atoms with E-state index in [0.717, 1.165) is 16.8 Å². The van der Waals surface area contributed by atoms with Crippen LogP contribution in [0, 0.1) is 0 Å². The Bertz CT molecular complexity index is 1560. The van der Waals surface area contributed by atoms with Gasteiger partial charge in [-0.05, 0) is 74.2 Å². The molecular weight excluding hydrogens is 532 g/mol. The van der Waals surface area contributed by atoms with Gasteiger partial charge in [0.2, 0.25) is 0 Å². The minimum absolute atomic E-state index is 0.0120. The van der Waals surface area contributed by atoms with Crippen molar-refractivity contribution in [3.63, 3.8) is 0 Å². The quantitative estimate of drug-likeness (QED) is 0.322. The van der Waals surface area contributed by atoms with E-state index in [9.17, 15) is 9.59 Å².